The maximum atomic E-state index is 5.54. The van der Waals surface area contributed by atoms with E-state index in [9.17, 15) is 0 Å². The van der Waals surface area contributed by atoms with Gasteiger partial charge in [-0.1, -0.05) is 18.2 Å². The molecule has 11 heteroatoms. The van der Waals surface area contributed by atoms with Crippen molar-refractivity contribution >= 4 is 17.8 Å². The highest BCUT2D eigenvalue weighted by molar-refractivity contribution is 5.43. The van der Waals surface area contributed by atoms with Gasteiger partial charge >= 0.3 is 0 Å². The Labute approximate surface area is 199 Å². The fraction of sp³-hybridized carbons (Fsp3) is 0.391. The number of nitrogens with one attached hydrogen (secondary N) is 3. The van der Waals surface area contributed by atoms with Crippen LogP contribution in [0.15, 0.2) is 48.7 Å². The Kier molecular flexibility index (Phi) is 10.8. The van der Waals surface area contributed by atoms with Crippen LogP contribution in [-0.2, 0) is 22.6 Å². The van der Waals surface area contributed by atoms with Crippen LogP contribution in [0.2, 0.25) is 0 Å². The molecule has 2 aromatic heterocycles. The van der Waals surface area contributed by atoms with E-state index in [0.29, 0.717) is 70.5 Å². The van der Waals surface area contributed by atoms with E-state index in [-0.39, 0.29) is 0 Å². The molecule has 0 atom stereocenters. The molecule has 0 saturated carbocycles. The van der Waals surface area contributed by atoms with Crippen LogP contribution in [0.3, 0.4) is 0 Å². The molecule has 5 N–H and O–H groups in total. The predicted octanol–water partition coefficient (Wildman–Crippen LogP) is 1.90. The fourth-order valence-electron chi connectivity index (χ4n) is 2.85. The van der Waals surface area contributed by atoms with E-state index >= 15 is 0 Å². The lowest BCUT2D eigenvalue weighted by Crippen LogP contribution is -2.17. The van der Waals surface area contributed by atoms with Crippen molar-refractivity contribution in [2.45, 2.75) is 13.1 Å². The van der Waals surface area contributed by atoms with E-state index in [1.54, 1.807) is 13.3 Å². The Morgan fingerprint density at radius 1 is 0.765 bits per heavy atom. The molecule has 0 unspecified atom stereocenters. The maximum absolute atomic E-state index is 5.54. The average Bonchev–Trinajstić information content (AvgIpc) is 2.88. The summed E-state index contributed by atoms with van der Waals surface area (Å²) in [5, 5.41) is 9.64. The van der Waals surface area contributed by atoms with Crippen molar-refractivity contribution in [3.05, 3.63) is 59.9 Å². The van der Waals surface area contributed by atoms with Crippen molar-refractivity contribution < 1.29 is 14.2 Å². The number of hydrogen-bond donors (Lipinski definition) is 4. The summed E-state index contributed by atoms with van der Waals surface area (Å²) in [4.78, 5) is 17.7. The van der Waals surface area contributed by atoms with Crippen LogP contribution in [-0.4, -0.2) is 66.6 Å². The number of pyridine rings is 1. The zero-order valence-corrected chi connectivity index (χ0v) is 19.4. The van der Waals surface area contributed by atoms with Gasteiger partial charge in [-0.2, -0.15) is 15.0 Å². The Bertz CT molecular complexity index is 960. The second-order valence-electron chi connectivity index (χ2n) is 7.12. The Morgan fingerprint density at radius 2 is 1.44 bits per heavy atom. The Balaban J connectivity index is 1.57. The Morgan fingerprint density at radius 3 is 2.09 bits per heavy atom. The van der Waals surface area contributed by atoms with Crippen LogP contribution in [0, 0.1) is 0 Å². The van der Waals surface area contributed by atoms with Gasteiger partial charge in [-0.3, -0.25) is 4.98 Å². The predicted molar refractivity (Wildman–Crippen MR) is 131 cm³/mol. The number of anilines is 3. The molecule has 0 aliphatic carbocycles. The number of nitrogens with two attached hydrogens (primary N) is 1. The van der Waals surface area contributed by atoms with Crippen LogP contribution in [0.5, 0.6) is 5.75 Å². The van der Waals surface area contributed by atoms with E-state index in [2.05, 4.69) is 35.9 Å². The van der Waals surface area contributed by atoms with E-state index in [1.165, 1.54) is 0 Å². The number of hydrogen-bond acceptors (Lipinski definition) is 11. The summed E-state index contributed by atoms with van der Waals surface area (Å²) in [7, 11) is 1.65. The molecular weight excluding hydrogens is 436 g/mol. The summed E-state index contributed by atoms with van der Waals surface area (Å²) < 4.78 is 16.0. The molecule has 0 aliphatic rings. The number of rotatable bonds is 16. The highest BCUT2D eigenvalue weighted by atomic mass is 16.5. The van der Waals surface area contributed by atoms with Crippen molar-refractivity contribution in [2.24, 2.45) is 5.73 Å². The van der Waals surface area contributed by atoms with Gasteiger partial charge in [0.15, 0.2) is 0 Å². The van der Waals surface area contributed by atoms with E-state index < -0.39 is 0 Å². The molecule has 3 rings (SSSR count). The lowest BCUT2D eigenvalue weighted by molar-refractivity contribution is 0.0547. The Hall–Kier alpha value is -3.54. The summed E-state index contributed by atoms with van der Waals surface area (Å²) in [6.07, 6.45) is 1.75. The number of aromatic nitrogens is 4. The summed E-state index contributed by atoms with van der Waals surface area (Å²) in [6, 6.07) is 13.6. The number of nitrogens with zero attached hydrogens (tertiary/aromatic N) is 4. The summed E-state index contributed by atoms with van der Waals surface area (Å²) >= 11 is 0. The highest BCUT2D eigenvalue weighted by Crippen LogP contribution is 2.14. The zero-order chi connectivity index (χ0) is 23.8. The largest absolute Gasteiger partial charge is 0.497 e. The molecule has 0 saturated heterocycles. The second kappa shape index (κ2) is 14.6. The minimum Gasteiger partial charge on any atom is -0.497 e. The standard InChI is InChI=1S/C23H32N8O3/c1-32-20-7-5-18(6-8-20)16-27-22-29-21(26-11-13-34-15-14-33-12-9-24)30-23(31-22)28-17-19-4-2-3-10-25-19/h2-8,10H,9,11-17,24H2,1H3,(H3,26,27,28,29,30,31). The van der Waals surface area contributed by atoms with Gasteiger partial charge in [-0.25, -0.2) is 0 Å². The second-order valence-corrected chi connectivity index (χ2v) is 7.12. The van der Waals surface area contributed by atoms with E-state index in [4.69, 9.17) is 19.9 Å². The molecule has 0 spiro atoms. The molecule has 11 nitrogen and oxygen atoms in total. The zero-order valence-electron chi connectivity index (χ0n) is 19.4. The molecule has 0 bridgehead atoms. The van der Waals surface area contributed by atoms with Gasteiger partial charge in [0.2, 0.25) is 17.8 Å². The SMILES string of the molecule is COc1ccc(CNc2nc(NCCOCCOCCN)nc(NCc3ccccn3)n2)cc1. The van der Waals surface area contributed by atoms with Crippen molar-refractivity contribution in [1.29, 1.82) is 0 Å². The molecule has 3 aromatic rings. The summed E-state index contributed by atoms with van der Waals surface area (Å²) in [6.45, 7) is 4.14. The molecule has 0 fully saturated rings. The molecule has 182 valence electrons. The minimum atomic E-state index is 0.441. The van der Waals surface area contributed by atoms with E-state index in [0.717, 1.165) is 17.0 Å². The quantitative estimate of drug-likeness (QED) is 0.229. The summed E-state index contributed by atoms with van der Waals surface area (Å²) in [5.41, 5.74) is 7.34. The van der Waals surface area contributed by atoms with Crippen molar-refractivity contribution in [3.63, 3.8) is 0 Å². The molecule has 2 heterocycles. The first-order chi connectivity index (χ1) is 16.8. The topological polar surface area (TPSA) is 141 Å². The fourth-order valence-corrected chi connectivity index (χ4v) is 2.85. The minimum absolute atomic E-state index is 0.441. The van der Waals surface area contributed by atoms with Crippen LogP contribution in [0.25, 0.3) is 0 Å². The van der Waals surface area contributed by atoms with Crippen LogP contribution < -0.4 is 26.4 Å². The number of ether oxygens (including phenoxy) is 3. The van der Waals surface area contributed by atoms with Gasteiger partial charge in [0.1, 0.15) is 5.75 Å². The smallest absolute Gasteiger partial charge is 0.229 e. The first-order valence-corrected chi connectivity index (χ1v) is 11.1. The van der Waals surface area contributed by atoms with E-state index in [1.807, 2.05) is 42.5 Å². The molecule has 34 heavy (non-hydrogen) atoms. The van der Waals surface area contributed by atoms with Gasteiger partial charge in [-0.05, 0) is 29.8 Å². The number of benzene rings is 1. The maximum Gasteiger partial charge on any atom is 0.229 e. The van der Waals surface area contributed by atoms with Crippen molar-refractivity contribution in [3.8, 4) is 5.75 Å². The van der Waals surface area contributed by atoms with Crippen molar-refractivity contribution in [1.82, 2.24) is 19.9 Å². The molecule has 0 aliphatic heterocycles. The lowest BCUT2D eigenvalue weighted by Gasteiger charge is -2.12. The van der Waals surface area contributed by atoms with Gasteiger partial charge in [-0.15, -0.1) is 0 Å². The third-order valence-corrected chi connectivity index (χ3v) is 4.56. The molecule has 0 amide bonds. The van der Waals surface area contributed by atoms with Gasteiger partial charge < -0.3 is 35.9 Å². The first-order valence-electron chi connectivity index (χ1n) is 11.1. The first kappa shape index (κ1) is 25.1. The third kappa shape index (κ3) is 9.14. The molecule has 0 radical (unpaired) electrons. The molecular formula is C23H32N8O3. The van der Waals surface area contributed by atoms with Crippen LogP contribution in [0.4, 0.5) is 17.8 Å². The third-order valence-electron chi connectivity index (χ3n) is 4.56. The van der Waals surface area contributed by atoms with Gasteiger partial charge in [0, 0.05) is 25.8 Å². The van der Waals surface area contributed by atoms with Crippen molar-refractivity contribution in [2.75, 3.05) is 62.6 Å². The number of methoxy groups -OCH3 is 1. The lowest BCUT2D eigenvalue weighted by atomic mass is 10.2. The highest BCUT2D eigenvalue weighted by Gasteiger charge is 2.07. The normalized spacial score (nSPS) is 10.6. The van der Waals surface area contributed by atoms with Gasteiger partial charge in [0.05, 0.1) is 45.8 Å². The summed E-state index contributed by atoms with van der Waals surface area (Å²) in [5.74, 6) is 2.15. The average molecular weight is 469 g/mol. The van der Waals surface area contributed by atoms with Crippen LogP contribution in [0.1, 0.15) is 11.3 Å². The van der Waals surface area contributed by atoms with Crippen LogP contribution >= 0.6 is 0 Å². The monoisotopic (exact) mass is 468 g/mol. The molecule has 1 aromatic carbocycles. The van der Waals surface area contributed by atoms with Gasteiger partial charge in [0.25, 0.3) is 0 Å².